The van der Waals surface area contributed by atoms with Gasteiger partial charge in [-0.25, -0.2) is 0 Å². The van der Waals surface area contributed by atoms with Gasteiger partial charge in [-0.3, -0.25) is 0 Å². The Morgan fingerprint density at radius 3 is 2.09 bits per heavy atom. The van der Waals surface area contributed by atoms with E-state index in [0.717, 1.165) is 12.8 Å². The van der Waals surface area contributed by atoms with Crippen LogP contribution in [0.4, 0.5) is 0 Å². The molecule has 0 aromatic heterocycles. The van der Waals surface area contributed by atoms with Gasteiger partial charge in [0.25, 0.3) is 0 Å². The molecule has 0 saturated heterocycles. The molecule has 0 spiro atoms. The third kappa shape index (κ3) is 1.30. The highest BCUT2D eigenvalue weighted by Gasteiger charge is 2.47. The Hall–Kier alpha value is -0.0800. The minimum atomic E-state index is -0.236. The smallest absolute Gasteiger partial charge is 0.0656 e. The molecule has 66 valence electrons. The van der Waals surface area contributed by atoms with Gasteiger partial charge < -0.3 is 10.8 Å². The number of nitrogens with two attached hydrogens (primary N) is 1. The molecule has 2 nitrogen and oxygen atoms in total. The number of aliphatic hydroxyl groups is 1. The fourth-order valence-electron chi connectivity index (χ4n) is 2.04. The molecule has 0 bridgehead atoms. The number of hydrogen-bond donors (Lipinski definition) is 2. The van der Waals surface area contributed by atoms with E-state index in [4.69, 9.17) is 5.73 Å². The van der Waals surface area contributed by atoms with Crippen LogP contribution in [-0.2, 0) is 0 Å². The molecular formula is C9H19NO. The van der Waals surface area contributed by atoms with Gasteiger partial charge in [0.15, 0.2) is 0 Å². The highest BCUT2D eigenvalue weighted by Crippen LogP contribution is 2.48. The number of aliphatic hydroxyl groups excluding tert-OH is 1. The average Bonchev–Trinajstić information content (AvgIpc) is 2.16. The molecule has 1 saturated carbocycles. The van der Waals surface area contributed by atoms with Gasteiger partial charge in [-0.15, -0.1) is 0 Å². The second kappa shape index (κ2) is 2.46. The molecule has 2 unspecified atom stereocenters. The monoisotopic (exact) mass is 157 g/mol. The largest absolute Gasteiger partial charge is 0.392 e. The highest BCUT2D eigenvalue weighted by molar-refractivity contribution is 4.99. The van der Waals surface area contributed by atoms with E-state index in [-0.39, 0.29) is 16.9 Å². The quantitative estimate of drug-likeness (QED) is 0.599. The number of rotatable bonds is 1. The predicted octanol–water partition coefficient (Wildman–Crippen LogP) is 1.13. The summed E-state index contributed by atoms with van der Waals surface area (Å²) < 4.78 is 0. The lowest BCUT2D eigenvalue weighted by atomic mass is 9.80. The van der Waals surface area contributed by atoms with Crippen molar-refractivity contribution in [3.05, 3.63) is 0 Å². The first-order valence-corrected chi connectivity index (χ1v) is 4.30. The normalized spacial score (nSPS) is 42.8. The van der Waals surface area contributed by atoms with E-state index >= 15 is 0 Å². The Morgan fingerprint density at radius 1 is 1.36 bits per heavy atom. The van der Waals surface area contributed by atoms with E-state index in [1.807, 2.05) is 0 Å². The Morgan fingerprint density at radius 2 is 1.91 bits per heavy atom. The molecule has 2 heteroatoms. The molecule has 11 heavy (non-hydrogen) atoms. The van der Waals surface area contributed by atoms with Gasteiger partial charge in [-0.2, -0.15) is 0 Å². The zero-order chi connectivity index (χ0) is 8.70. The summed E-state index contributed by atoms with van der Waals surface area (Å²) in [6, 6.07) is 0. The summed E-state index contributed by atoms with van der Waals surface area (Å²) >= 11 is 0. The Bertz CT molecular complexity index is 156. The van der Waals surface area contributed by atoms with Crippen LogP contribution in [0, 0.1) is 10.8 Å². The minimum Gasteiger partial charge on any atom is -0.392 e. The van der Waals surface area contributed by atoms with Gasteiger partial charge in [0.05, 0.1) is 6.10 Å². The van der Waals surface area contributed by atoms with Crippen molar-refractivity contribution in [3.8, 4) is 0 Å². The lowest BCUT2D eigenvalue weighted by Gasteiger charge is -2.32. The van der Waals surface area contributed by atoms with Gasteiger partial charge in [0, 0.05) is 12.0 Å². The van der Waals surface area contributed by atoms with Crippen LogP contribution in [0.2, 0.25) is 0 Å². The van der Waals surface area contributed by atoms with E-state index in [2.05, 4.69) is 20.8 Å². The van der Waals surface area contributed by atoms with Crippen LogP contribution in [-0.4, -0.2) is 17.8 Å². The summed E-state index contributed by atoms with van der Waals surface area (Å²) in [6.45, 7) is 6.89. The summed E-state index contributed by atoms with van der Waals surface area (Å²) in [7, 11) is 0. The second-order valence-corrected chi connectivity index (χ2v) is 4.75. The molecule has 2 atom stereocenters. The minimum absolute atomic E-state index is 0.0382. The Kier molecular flexibility index (Phi) is 2.01. The van der Waals surface area contributed by atoms with Crippen molar-refractivity contribution in [2.45, 2.75) is 39.7 Å². The molecule has 0 aromatic carbocycles. The topological polar surface area (TPSA) is 46.2 Å². The first-order valence-electron chi connectivity index (χ1n) is 4.30. The summed E-state index contributed by atoms with van der Waals surface area (Å²) in [5.41, 5.74) is 5.64. The first-order chi connectivity index (χ1) is 4.92. The SMILES string of the molecule is CC1(C)CCC(C)(CN)C1O. The molecule has 0 aromatic rings. The molecule has 0 radical (unpaired) electrons. The van der Waals surface area contributed by atoms with Crippen LogP contribution in [0.25, 0.3) is 0 Å². The van der Waals surface area contributed by atoms with Crippen molar-refractivity contribution >= 4 is 0 Å². The van der Waals surface area contributed by atoms with Crippen LogP contribution < -0.4 is 5.73 Å². The molecule has 0 heterocycles. The van der Waals surface area contributed by atoms with E-state index in [1.165, 1.54) is 0 Å². The first kappa shape index (κ1) is 9.01. The average molecular weight is 157 g/mol. The van der Waals surface area contributed by atoms with Crippen LogP contribution >= 0.6 is 0 Å². The zero-order valence-electron chi connectivity index (χ0n) is 7.72. The number of hydrogen-bond acceptors (Lipinski definition) is 2. The maximum absolute atomic E-state index is 9.90. The lowest BCUT2D eigenvalue weighted by Crippen LogP contribution is -2.40. The maximum Gasteiger partial charge on any atom is 0.0656 e. The van der Waals surface area contributed by atoms with Crippen molar-refractivity contribution in [2.24, 2.45) is 16.6 Å². The fraction of sp³-hybridized carbons (Fsp3) is 1.00. The van der Waals surface area contributed by atoms with Gasteiger partial charge in [0.1, 0.15) is 0 Å². The standard InChI is InChI=1S/C9H19NO/c1-8(2)4-5-9(3,6-10)7(8)11/h7,11H,4-6,10H2,1-3H3. The predicted molar refractivity (Wildman–Crippen MR) is 46.2 cm³/mol. The van der Waals surface area contributed by atoms with E-state index in [0.29, 0.717) is 6.54 Å². The van der Waals surface area contributed by atoms with Crippen molar-refractivity contribution < 1.29 is 5.11 Å². The summed E-state index contributed by atoms with van der Waals surface area (Å²) in [5, 5.41) is 9.90. The molecule has 0 aliphatic heterocycles. The van der Waals surface area contributed by atoms with Crippen LogP contribution in [0.15, 0.2) is 0 Å². The molecule has 1 fully saturated rings. The van der Waals surface area contributed by atoms with Gasteiger partial charge in [-0.05, 0) is 18.3 Å². The summed E-state index contributed by atoms with van der Waals surface area (Å²) in [6.07, 6.45) is 1.90. The third-order valence-electron chi connectivity index (χ3n) is 3.21. The molecular weight excluding hydrogens is 138 g/mol. The fourth-order valence-corrected chi connectivity index (χ4v) is 2.04. The third-order valence-corrected chi connectivity index (χ3v) is 3.21. The molecule has 1 aliphatic carbocycles. The molecule has 1 rings (SSSR count). The highest BCUT2D eigenvalue weighted by atomic mass is 16.3. The van der Waals surface area contributed by atoms with Gasteiger partial charge in [-0.1, -0.05) is 20.8 Å². The Labute approximate surface area is 68.8 Å². The molecule has 3 N–H and O–H groups in total. The van der Waals surface area contributed by atoms with Gasteiger partial charge in [0.2, 0.25) is 0 Å². The Balaban J connectivity index is 2.78. The van der Waals surface area contributed by atoms with Crippen molar-refractivity contribution in [2.75, 3.05) is 6.54 Å². The lowest BCUT2D eigenvalue weighted by molar-refractivity contribution is 0.00464. The van der Waals surface area contributed by atoms with E-state index < -0.39 is 0 Å². The van der Waals surface area contributed by atoms with Crippen molar-refractivity contribution in [3.63, 3.8) is 0 Å². The van der Waals surface area contributed by atoms with Crippen LogP contribution in [0.3, 0.4) is 0 Å². The summed E-state index contributed by atoms with van der Waals surface area (Å²) in [5.74, 6) is 0. The second-order valence-electron chi connectivity index (χ2n) is 4.75. The van der Waals surface area contributed by atoms with Gasteiger partial charge >= 0.3 is 0 Å². The summed E-state index contributed by atoms with van der Waals surface area (Å²) in [4.78, 5) is 0. The molecule has 1 aliphatic rings. The van der Waals surface area contributed by atoms with Crippen LogP contribution in [0.5, 0.6) is 0 Å². The van der Waals surface area contributed by atoms with Crippen molar-refractivity contribution in [1.29, 1.82) is 0 Å². The maximum atomic E-state index is 9.90. The molecule has 0 amide bonds. The van der Waals surface area contributed by atoms with Crippen molar-refractivity contribution in [1.82, 2.24) is 0 Å². The van der Waals surface area contributed by atoms with Crippen LogP contribution in [0.1, 0.15) is 33.6 Å². The van der Waals surface area contributed by atoms with E-state index in [1.54, 1.807) is 0 Å². The van der Waals surface area contributed by atoms with E-state index in [9.17, 15) is 5.11 Å². The zero-order valence-corrected chi connectivity index (χ0v) is 7.72.